The van der Waals surface area contributed by atoms with E-state index in [9.17, 15) is 0 Å². The van der Waals surface area contributed by atoms with Crippen molar-refractivity contribution in [2.75, 3.05) is 0 Å². The number of fused-ring (bicyclic) bond motifs is 3. The smallest absolute Gasteiger partial charge is 0.00217 e. The summed E-state index contributed by atoms with van der Waals surface area (Å²) in [4.78, 5) is 0. The van der Waals surface area contributed by atoms with E-state index < -0.39 is 0 Å². The van der Waals surface area contributed by atoms with Crippen LogP contribution in [-0.4, -0.2) is 3.26 Å². The fourth-order valence-corrected chi connectivity index (χ4v) is 5.48. The Bertz CT molecular complexity index is 1250. The van der Waals surface area contributed by atoms with Crippen molar-refractivity contribution in [3.05, 3.63) is 155 Å². The summed E-state index contributed by atoms with van der Waals surface area (Å²) in [6.45, 7) is 0. The summed E-state index contributed by atoms with van der Waals surface area (Å²) >= 11 is 1.08. The summed E-state index contributed by atoms with van der Waals surface area (Å²) in [5, 5.41) is 0. The summed E-state index contributed by atoms with van der Waals surface area (Å²) in [6.07, 6.45) is 9.70. The minimum absolute atomic E-state index is 0. The number of hydrogen-bond donors (Lipinski definition) is 0. The molecule has 4 aromatic rings. The molecule has 0 N–H and O–H groups in total. The van der Waals surface area contributed by atoms with E-state index in [-0.39, 0.29) is 24.8 Å². The van der Waals surface area contributed by atoms with Crippen molar-refractivity contribution in [3.8, 4) is 11.1 Å². The van der Waals surface area contributed by atoms with E-state index in [0.717, 1.165) is 30.3 Å². The molecule has 0 bridgehead atoms. The van der Waals surface area contributed by atoms with Crippen LogP contribution in [0.3, 0.4) is 0 Å². The van der Waals surface area contributed by atoms with Gasteiger partial charge in [-0.05, 0) is 12.3 Å². The van der Waals surface area contributed by atoms with Crippen molar-refractivity contribution in [2.45, 2.75) is 12.3 Å². The Kier molecular flexibility index (Phi) is 9.59. The molecule has 0 atom stereocenters. The molecule has 0 heterocycles. The Balaban J connectivity index is 0.000000186. The van der Waals surface area contributed by atoms with Crippen LogP contribution in [-0.2, 0) is 30.3 Å². The van der Waals surface area contributed by atoms with Crippen LogP contribution in [0, 0.1) is 6.07 Å². The number of benzene rings is 4. The van der Waals surface area contributed by atoms with Crippen molar-refractivity contribution >= 4 is 3.26 Å². The van der Waals surface area contributed by atoms with E-state index in [0.29, 0.717) is 5.92 Å². The van der Waals surface area contributed by atoms with E-state index in [1.807, 2.05) is 0 Å². The van der Waals surface area contributed by atoms with Gasteiger partial charge in [-0.25, -0.2) is 0 Å². The van der Waals surface area contributed by atoms with Crippen LogP contribution >= 0.6 is 0 Å². The topological polar surface area (TPSA) is 0 Å². The van der Waals surface area contributed by atoms with Gasteiger partial charge >= 0.3 is 98.9 Å². The molecule has 4 aromatic carbocycles. The summed E-state index contributed by atoms with van der Waals surface area (Å²) in [7, 11) is 0. The van der Waals surface area contributed by atoms with Crippen molar-refractivity contribution in [1.29, 1.82) is 0 Å². The second-order valence-electron chi connectivity index (χ2n) is 8.04. The molecule has 2 aliphatic rings. The van der Waals surface area contributed by atoms with Crippen LogP contribution < -0.4 is 24.8 Å². The van der Waals surface area contributed by atoms with Crippen LogP contribution in [0.1, 0.15) is 33.7 Å². The van der Waals surface area contributed by atoms with Crippen LogP contribution in [0.2, 0.25) is 0 Å². The van der Waals surface area contributed by atoms with Gasteiger partial charge in [0.05, 0.1) is 0 Å². The first-order valence-corrected chi connectivity index (χ1v) is 12.8. The molecule has 34 heavy (non-hydrogen) atoms. The Hall–Kier alpha value is -2.32. The Morgan fingerprint density at radius 2 is 1.21 bits per heavy atom. The second-order valence-corrected chi connectivity index (χ2v) is 9.84. The average molecular weight is 645 g/mol. The molecule has 0 aliphatic heterocycles. The number of halogens is 2. The van der Waals surface area contributed by atoms with Crippen molar-refractivity contribution in [2.24, 2.45) is 0 Å². The summed E-state index contributed by atoms with van der Waals surface area (Å²) in [5.41, 5.74) is 9.51. The molecular formula is C31H23Cl2Hf-. The third-order valence-corrected chi connectivity index (χ3v) is 8.03. The molecule has 0 aromatic heterocycles. The zero-order valence-electron chi connectivity index (χ0n) is 18.6. The Labute approximate surface area is 229 Å². The molecule has 3 heteroatoms. The third-order valence-electron chi connectivity index (χ3n) is 5.96. The zero-order chi connectivity index (χ0) is 21.8. The largest absolute Gasteiger partial charge is 0.175 e. The van der Waals surface area contributed by atoms with Gasteiger partial charge in [-0.3, -0.25) is 0 Å². The summed E-state index contributed by atoms with van der Waals surface area (Å²) in [5.74, 6) is 0.416. The fraction of sp³-hybridized carbons (Fsp3) is 0.0645. The van der Waals surface area contributed by atoms with Gasteiger partial charge in [0.15, 0.2) is 0 Å². The molecule has 2 aliphatic carbocycles. The first kappa shape index (κ1) is 26.3. The van der Waals surface area contributed by atoms with Gasteiger partial charge < -0.3 is 24.8 Å². The number of allylic oxidation sites excluding steroid dienone is 4. The molecular weight excluding hydrogens is 622 g/mol. The van der Waals surface area contributed by atoms with Crippen LogP contribution in [0.4, 0.5) is 0 Å². The molecule has 0 fully saturated rings. The molecule has 0 saturated carbocycles. The Morgan fingerprint density at radius 1 is 0.647 bits per heavy atom. The Morgan fingerprint density at radius 3 is 1.82 bits per heavy atom. The van der Waals surface area contributed by atoms with Crippen LogP contribution in [0.25, 0.3) is 11.1 Å². The standard InChI is InChI=1S/C18H13.C13H10.2ClH.Hf/c1-2-6-13(5-1)14-9-10-18-16(11-14)12-15-7-3-4-8-17(15)18;1-3-7-12(8-4-1)11-13-9-5-2-6-10-13;;;/h1-10,13H,12H2;1-10H;2*1H;/q-1;;;;+2/p-2. The van der Waals surface area contributed by atoms with Crippen molar-refractivity contribution in [1.82, 2.24) is 0 Å². The zero-order valence-corrected chi connectivity index (χ0v) is 23.7. The minimum Gasteiger partial charge on any atom is -0.175 e. The quantitative estimate of drug-likeness (QED) is 0.204. The van der Waals surface area contributed by atoms with E-state index in [4.69, 9.17) is 0 Å². The fourth-order valence-electron chi connectivity index (χ4n) is 4.29. The summed E-state index contributed by atoms with van der Waals surface area (Å²) < 4.78 is 1.46. The monoisotopic (exact) mass is 645 g/mol. The minimum atomic E-state index is 0. The van der Waals surface area contributed by atoms with Crippen molar-refractivity contribution in [3.63, 3.8) is 0 Å². The molecule has 0 spiro atoms. The molecule has 0 unspecified atom stereocenters. The third kappa shape index (κ3) is 5.84. The van der Waals surface area contributed by atoms with Crippen molar-refractivity contribution < 1.29 is 48.7 Å². The maximum atomic E-state index is 3.61. The summed E-state index contributed by atoms with van der Waals surface area (Å²) in [6, 6.07) is 37.9. The normalized spacial score (nSPS) is 12.5. The van der Waals surface area contributed by atoms with Gasteiger partial charge in [-0.2, -0.15) is 23.8 Å². The van der Waals surface area contributed by atoms with E-state index in [1.54, 1.807) is 0 Å². The van der Waals surface area contributed by atoms with Crippen LogP contribution in [0.5, 0.6) is 0 Å². The maximum absolute atomic E-state index is 3.61. The van der Waals surface area contributed by atoms with Gasteiger partial charge in [-0.1, -0.05) is 59.7 Å². The van der Waals surface area contributed by atoms with Gasteiger partial charge in [0.25, 0.3) is 0 Å². The first-order valence-electron chi connectivity index (χ1n) is 11.0. The van der Waals surface area contributed by atoms with E-state index in [2.05, 4.69) is 127 Å². The molecule has 0 nitrogen and oxygen atoms in total. The first-order chi connectivity index (χ1) is 15.8. The molecule has 0 saturated heterocycles. The molecule has 6 rings (SSSR count). The average Bonchev–Trinajstić information content (AvgIpc) is 3.53. The predicted octanol–water partition coefficient (Wildman–Crippen LogP) is 1.08. The van der Waals surface area contributed by atoms with Crippen LogP contribution in [0.15, 0.2) is 121 Å². The van der Waals surface area contributed by atoms with Gasteiger partial charge in [0.1, 0.15) is 0 Å². The second kappa shape index (κ2) is 12.4. The van der Waals surface area contributed by atoms with Gasteiger partial charge in [0.2, 0.25) is 0 Å². The number of hydrogen-bond acceptors (Lipinski definition) is 0. The molecule has 0 amide bonds. The maximum Gasteiger partial charge on any atom is -0.00217 e. The van der Waals surface area contributed by atoms with Gasteiger partial charge in [0, 0.05) is 0 Å². The van der Waals surface area contributed by atoms with E-state index >= 15 is 0 Å². The number of rotatable bonds is 3. The van der Waals surface area contributed by atoms with E-state index in [1.165, 1.54) is 42.2 Å². The SMILES string of the molecule is [Cl-].[Cl-].[Hf+2]=[C](c1ccccc1)c1ccccc1.[c-]1c(C2C=CC=C2)ccc2c1Cc1ccccc1-2. The predicted molar refractivity (Wildman–Crippen MR) is 131 cm³/mol. The van der Waals surface area contributed by atoms with Gasteiger partial charge in [-0.15, -0.1) is 11.1 Å². The molecule has 0 radical (unpaired) electrons. The molecule has 166 valence electrons.